The first kappa shape index (κ1) is 14.2. The van der Waals surface area contributed by atoms with Crippen molar-refractivity contribution >= 4 is 11.8 Å². The maximum atomic E-state index is 11.6. The highest BCUT2D eigenvalue weighted by Gasteiger charge is 2.09. The van der Waals surface area contributed by atoms with Crippen molar-refractivity contribution in [1.29, 1.82) is 0 Å². The lowest BCUT2D eigenvalue weighted by Gasteiger charge is -2.10. The number of hydrogen-bond donors (Lipinski definition) is 2. The summed E-state index contributed by atoms with van der Waals surface area (Å²) in [5, 5.41) is 11.3. The molecule has 5 nitrogen and oxygen atoms in total. The molecule has 98 valence electrons. The van der Waals surface area contributed by atoms with E-state index in [0.29, 0.717) is 24.1 Å². The van der Waals surface area contributed by atoms with E-state index in [2.05, 4.69) is 5.32 Å². The Labute approximate surface area is 106 Å². The second-order valence-corrected chi connectivity index (χ2v) is 4.11. The van der Waals surface area contributed by atoms with Gasteiger partial charge >= 0.3 is 0 Å². The molecule has 0 saturated carbocycles. The average Bonchev–Trinajstić information content (AvgIpc) is 2.38. The highest BCUT2D eigenvalue weighted by atomic mass is 16.3. The van der Waals surface area contributed by atoms with Gasteiger partial charge in [-0.3, -0.25) is 9.59 Å². The number of benzene rings is 1. The van der Waals surface area contributed by atoms with Gasteiger partial charge in [-0.15, -0.1) is 0 Å². The van der Waals surface area contributed by atoms with Crippen LogP contribution in [0.25, 0.3) is 0 Å². The molecular formula is C13H18N2O3. The van der Waals surface area contributed by atoms with Gasteiger partial charge in [0.1, 0.15) is 0 Å². The third-order valence-corrected chi connectivity index (χ3v) is 2.42. The molecule has 0 aliphatic rings. The molecule has 0 aliphatic heterocycles. The standard InChI is InChI=1S/C13H18N2O3/c1-15(2)13(18)11-6-4-10(5-7-11)12(17)14-8-3-9-16/h4-7,16H,3,8-9H2,1-2H3,(H,14,17). The summed E-state index contributed by atoms with van der Waals surface area (Å²) in [7, 11) is 3.36. The number of nitrogens with zero attached hydrogens (tertiary/aromatic N) is 1. The van der Waals surface area contributed by atoms with Crippen molar-refractivity contribution in [2.75, 3.05) is 27.2 Å². The molecule has 0 fully saturated rings. The number of carbonyl (C=O) groups excluding carboxylic acids is 2. The Morgan fingerprint density at radius 3 is 2.22 bits per heavy atom. The summed E-state index contributed by atoms with van der Waals surface area (Å²) in [6, 6.07) is 6.49. The van der Waals surface area contributed by atoms with Gasteiger partial charge in [0, 0.05) is 38.4 Å². The summed E-state index contributed by atoms with van der Waals surface area (Å²) >= 11 is 0. The number of hydrogen-bond acceptors (Lipinski definition) is 3. The molecule has 0 heterocycles. The van der Waals surface area contributed by atoms with Crippen LogP contribution in [0.4, 0.5) is 0 Å². The summed E-state index contributed by atoms with van der Waals surface area (Å²) < 4.78 is 0. The summed E-state index contributed by atoms with van der Waals surface area (Å²) in [6.07, 6.45) is 0.531. The molecule has 0 spiro atoms. The van der Waals surface area contributed by atoms with Crippen molar-refractivity contribution in [3.05, 3.63) is 35.4 Å². The van der Waals surface area contributed by atoms with Crippen LogP contribution in [0, 0.1) is 0 Å². The van der Waals surface area contributed by atoms with E-state index < -0.39 is 0 Å². The fraction of sp³-hybridized carbons (Fsp3) is 0.385. The van der Waals surface area contributed by atoms with Gasteiger partial charge < -0.3 is 15.3 Å². The molecule has 2 amide bonds. The maximum Gasteiger partial charge on any atom is 0.253 e. The predicted octanol–water partition coefficient (Wildman–Crippen LogP) is 0.501. The lowest BCUT2D eigenvalue weighted by Crippen LogP contribution is -2.25. The van der Waals surface area contributed by atoms with Crippen LogP contribution in [-0.2, 0) is 0 Å². The fourth-order valence-corrected chi connectivity index (χ4v) is 1.41. The van der Waals surface area contributed by atoms with Gasteiger partial charge in [0.2, 0.25) is 0 Å². The van der Waals surface area contributed by atoms with Gasteiger partial charge in [-0.05, 0) is 30.7 Å². The average molecular weight is 250 g/mol. The van der Waals surface area contributed by atoms with Crippen LogP contribution >= 0.6 is 0 Å². The number of aliphatic hydroxyl groups excluding tert-OH is 1. The van der Waals surface area contributed by atoms with Crippen LogP contribution in [0.5, 0.6) is 0 Å². The first-order valence-electron chi connectivity index (χ1n) is 5.77. The van der Waals surface area contributed by atoms with Crippen molar-refractivity contribution in [1.82, 2.24) is 10.2 Å². The van der Waals surface area contributed by atoms with Crippen molar-refractivity contribution in [3.8, 4) is 0 Å². The lowest BCUT2D eigenvalue weighted by molar-refractivity contribution is 0.0826. The molecule has 2 N–H and O–H groups in total. The van der Waals surface area contributed by atoms with Gasteiger partial charge in [0.15, 0.2) is 0 Å². The Kier molecular flexibility index (Phi) is 5.32. The smallest absolute Gasteiger partial charge is 0.253 e. The summed E-state index contributed by atoms with van der Waals surface area (Å²) in [5.74, 6) is -0.297. The van der Waals surface area contributed by atoms with E-state index in [4.69, 9.17) is 5.11 Å². The Bertz CT molecular complexity index is 413. The predicted molar refractivity (Wildman–Crippen MR) is 68.5 cm³/mol. The summed E-state index contributed by atoms with van der Waals surface area (Å²) in [5.41, 5.74) is 1.05. The van der Waals surface area contributed by atoms with Crippen LogP contribution in [0.2, 0.25) is 0 Å². The molecule has 0 aromatic heterocycles. The van der Waals surface area contributed by atoms with Crippen molar-refractivity contribution in [2.45, 2.75) is 6.42 Å². The highest BCUT2D eigenvalue weighted by molar-refractivity contribution is 5.97. The van der Waals surface area contributed by atoms with E-state index in [-0.39, 0.29) is 18.4 Å². The Morgan fingerprint density at radius 2 is 1.72 bits per heavy atom. The van der Waals surface area contributed by atoms with Gasteiger partial charge in [0.25, 0.3) is 11.8 Å². The number of nitrogens with one attached hydrogen (secondary N) is 1. The molecule has 0 atom stereocenters. The molecule has 0 bridgehead atoms. The quantitative estimate of drug-likeness (QED) is 0.748. The number of aliphatic hydroxyl groups is 1. The molecule has 1 rings (SSSR count). The Morgan fingerprint density at radius 1 is 1.17 bits per heavy atom. The highest BCUT2D eigenvalue weighted by Crippen LogP contribution is 2.06. The molecule has 0 radical (unpaired) electrons. The molecule has 1 aromatic rings. The minimum absolute atomic E-state index is 0.0521. The normalized spacial score (nSPS) is 9.94. The maximum absolute atomic E-state index is 11.6. The van der Waals surface area contributed by atoms with E-state index in [1.807, 2.05) is 0 Å². The minimum Gasteiger partial charge on any atom is -0.396 e. The molecule has 1 aromatic carbocycles. The topological polar surface area (TPSA) is 69.6 Å². The summed E-state index contributed by atoms with van der Waals surface area (Å²) in [4.78, 5) is 24.8. The molecule has 0 unspecified atom stereocenters. The van der Waals surface area contributed by atoms with Crippen LogP contribution in [0.3, 0.4) is 0 Å². The van der Waals surface area contributed by atoms with Crippen LogP contribution < -0.4 is 5.32 Å². The van der Waals surface area contributed by atoms with E-state index in [1.54, 1.807) is 38.4 Å². The largest absolute Gasteiger partial charge is 0.396 e. The van der Waals surface area contributed by atoms with Crippen LogP contribution in [-0.4, -0.2) is 49.1 Å². The minimum atomic E-state index is -0.202. The van der Waals surface area contributed by atoms with Gasteiger partial charge in [-0.2, -0.15) is 0 Å². The number of rotatable bonds is 5. The van der Waals surface area contributed by atoms with E-state index in [9.17, 15) is 9.59 Å². The van der Waals surface area contributed by atoms with E-state index in [0.717, 1.165) is 0 Å². The molecule has 18 heavy (non-hydrogen) atoms. The molecule has 5 heteroatoms. The first-order chi connectivity index (χ1) is 8.56. The van der Waals surface area contributed by atoms with Gasteiger partial charge in [0.05, 0.1) is 0 Å². The summed E-state index contributed by atoms with van der Waals surface area (Å²) in [6.45, 7) is 0.490. The molecule has 0 saturated heterocycles. The van der Waals surface area contributed by atoms with Gasteiger partial charge in [-0.25, -0.2) is 0 Å². The second-order valence-electron chi connectivity index (χ2n) is 4.11. The number of amides is 2. The third-order valence-electron chi connectivity index (χ3n) is 2.42. The van der Waals surface area contributed by atoms with Crippen molar-refractivity contribution in [2.24, 2.45) is 0 Å². The van der Waals surface area contributed by atoms with Crippen molar-refractivity contribution < 1.29 is 14.7 Å². The fourth-order valence-electron chi connectivity index (χ4n) is 1.41. The number of carbonyl (C=O) groups is 2. The molecular weight excluding hydrogens is 232 g/mol. The third kappa shape index (κ3) is 3.85. The van der Waals surface area contributed by atoms with Crippen LogP contribution in [0.1, 0.15) is 27.1 Å². The monoisotopic (exact) mass is 250 g/mol. The Balaban J connectivity index is 2.65. The van der Waals surface area contributed by atoms with Crippen molar-refractivity contribution in [3.63, 3.8) is 0 Å². The zero-order valence-corrected chi connectivity index (χ0v) is 10.6. The van der Waals surface area contributed by atoms with E-state index >= 15 is 0 Å². The van der Waals surface area contributed by atoms with Gasteiger partial charge in [-0.1, -0.05) is 0 Å². The Hall–Kier alpha value is -1.88. The molecule has 0 aliphatic carbocycles. The first-order valence-corrected chi connectivity index (χ1v) is 5.77. The van der Waals surface area contributed by atoms with Crippen LogP contribution in [0.15, 0.2) is 24.3 Å². The SMILES string of the molecule is CN(C)C(=O)c1ccc(C(=O)NCCCO)cc1. The lowest BCUT2D eigenvalue weighted by atomic mass is 10.1. The zero-order chi connectivity index (χ0) is 13.5. The van der Waals surface area contributed by atoms with E-state index in [1.165, 1.54) is 4.90 Å². The second kappa shape index (κ2) is 6.76. The zero-order valence-electron chi connectivity index (χ0n) is 10.6.